The zero-order valence-corrected chi connectivity index (χ0v) is 40.6. The second kappa shape index (κ2) is 50.5. The predicted molar refractivity (Wildman–Crippen MR) is 265 cm³/mol. The molecule has 62 heavy (non-hydrogen) atoms. The smallest absolute Gasteiger partial charge is 0.306 e. The molecule has 1 atom stereocenters. The third-order valence-corrected chi connectivity index (χ3v) is 10.9. The summed E-state index contributed by atoms with van der Waals surface area (Å²) in [6, 6.07) is 0. The highest BCUT2D eigenvalue weighted by molar-refractivity contribution is 5.71. The molecule has 6 heteroatoms. The number of hydrogen-bond acceptors (Lipinski definition) is 6. The molecule has 0 aromatic carbocycles. The van der Waals surface area contributed by atoms with Crippen LogP contribution in [-0.4, -0.2) is 37.2 Å². The summed E-state index contributed by atoms with van der Waals surface area (Å²) in [7, 11) is 0. The van der Waals surface area contributed by atoms with Gasteiger partial charge in [-0.15, -0.1) is 0 Å². The first-order chi connectivity index (χ1) is 30.5. The van der Waals surface area contributed by atoms with Gasteiger partial charge in [-0.05, 0) is 103 Å². The summed E-state index contributed by atoms with van der Waals surface area (Å²) in [6.07, 6.45) is 63.2. The Hall–Kier alpha value is -3.15. The summed E-state index contributed by atoms with van der Waals surface area (Å²) in [4.78, 5) is 37.9. The SMILES string of the molecule is CC/C=C\C/C=C\C/C=C\CCCCCC(=O)OC(COC(=O)CCCCCCC/C=C\C/C=C\CCC)COC(=O)CCCCCCCCC/C=C\CCCCCCCCC. The molecule has 0 bridgehead atoms. The average molecular weight is 865 g/mol. The van der Waals surface area contributed by atoms with Gasteiger partial charge in [0.2, 0.25) is 0 Å². The van der Waals surface area contributed by atoms with Crippen molar-refractivity contribution in [2.75, 3.05) is 13.2 Å². The number of allylic oxidation sites excluding steroid dienone is 12. The van der Waals surface area contributed by atoms with E-state index in [9.17, 15) is 14.4 Å². The lowest BCUT2D eigenvalue weighted by Gasteiger charge is -2.18. The van der Waals surface area contributed by atoms with Gasteiger partial charge in [0.25, 0.3) is 0 Å². The average Bonchev–Trinajstić information content (AvgIpc) is 3.27. The molecule has 1 unspecified atom stereocenters. The van der Waals surface area contributed by atoms with E-state index in [0.717, 1.165) is 116 Å². The maximum absolute atomic E-state index is 12.8. The molecule has 0 saturated carbocycles. The minimum Gasteiger partial charge on any atom is -0.462 e. The number of hydrogen-bond donors (Lipinski definition) is 0. The number of ether oxygens (including phenoxy) is 3. The first kappa shape index (κ1) is 58.9. The molecule has 0 fully saturated rings. The Balaban J connectivity index is 4.41. The van der Waals surface area contributed by atoms with E-state index in [-0.39, 0.29) is 37.5 Å². The molecule has 0 rings (SSSR count). The Bertz CT molecular complexity index is 1180. The summed E-state index contributed by atoms with van der Waals surface area (Å²) in [5.74, 6) is -0.942. The zero-order valence-electron chi connectivity index (χ0n) is 40.6. The van der Waals surface area contributed by atoms with Gasteiger partial charge in [0, 0.05) is 19.3 Å². The third kappa shape index (κ3) is 47.9. The normalized spacial score (nSPS) is 12.6. The Labute approximate surface area is 382 Å². The molecule has 0 aliphatic carbocycles. The standard InChI is InChI=1S/C56H96O6/c1-4-7-10-13-16-19-22-25-26-27-28-29-32-34-37-40-43-46-49-55(58)61-52-53(62-56(59)50-47-44-41-38-35-31-24-21-18-15-12-9-6-3)51-60-54(57)48-45-42-39-36-33-30-23-20-17-14-11-8-5-2/h9,11-12,14,18,20-21,23,26-27,31,35,53H,4-8,10,13,15-17,19,22,24-25,28-30,32-34,36-52H2,1-3H3/b12-9-,14-11-,21-18-,23-20-,27-26-,35-31-. The van der Waals surface area contributed by atoms with Gasteiger partial charge in [0.05, 0.1) is 0 Å². The van der Waals surface area contributed by atoms with Gasteiger partial charge in [-0.1, -0.05) is 196 Å². The van der Waals surface area contributed by atoms with E-state index in [2.05, 4.69) is 93.7 Å². The molecule has 0 saturated heterocycles. The van der Waals surface area contributed by atoms with Gasteiger partial charge in [-0.25, -0.2) is 0 Å². The third-order valence-electron chi connectivity index (χ3n) is 10.9. The monoisotopic (exact) mass is 865 g/mol. The minimum absolute atomic E-state index is 0.0943. The van der Waals surface area contributed by atoms with Crippen LogP contribution < -0.4 is 0 Å². The molecule has 0 spiro atoms. The molecule has 0 amide bonds. The maximum atomic E-state index is 12.8. The molecule has 0 aromatic heterocycles. The van der Waals surface area contributed by atoms with Gasteiger partial charge in [0.1, 0.15) is 13.2 Å². The molecular weight excluding hydrogens is 769 g/mol. The van der Waals surface area contributed by atoms with E-state index >= 15 is 0 Å². The van der Waals surface area contributed by atoms with Crippen molar-refractivity contribution in [3.8, 4) is 0 Å². The molecule has 0 heterocycles. The van der Waals surface area contributed by atoms with Crippen LogP contribution in [0.4, 0.5) is 0 Å². The Morgan fingerprint density at radius 2 is 0.661 bits per heavy atom. The fourth-order valence-electron chi connectivity index (χ4n) is 7.02. The molecule has 356 valence electrons. The molecule has 0 aliphatic rings. The largest absolute Gasteiger partial charge is 0.462 e. The van der Waals surface area contributed by atoms with E-state index in [1.54, 1.807) is 0 Å². The van der Waals surface area contributed by atoms with Crippen LogP contribution in [0.1, 0.15) is 245 Å². The molecule has 0 aromatic rings. The van der Waals surface area contributed by atoms with Crippen molar-refractivity contribution in [2.45, 2.75) is 252 Å². The highest BCUT2D eigenvalue weighted by Crippen LogP contribution is 2.14. The van der Waals surface area contributed by atoms with Crippen LogP contribution in [0.5, 0.6) is 0 Å². The maximum Gasteiger partial charge on any atom is 0.306 e. The number of carbonyl (C=O) groups is 3. The van der Waals surface area contributed by atoms with Gasteiger partial charge in [-0.3, -0.25) is 14.4 Å². The second-order valence-electron chi connectivity index (χ2n) is 17.0. The van der Waals surface area contributed by atoms with Crippen LogP contribution in [0.15, 0.2) is 72.9 Å². The van der Waals surface area contributed by atoms with E-state index in [1.165, 1.54) is 89.9 Å². The van der Waals surface area contributed by atoms with E-state index in [4.69, 9.17) is 14.2 Å². The lowest BCUT2D eigenvalue weighted by atomic mass is 10.1. The first-order valence-corrected chi connectivity index (χ1v) is 25.9. The highest BCUT2D eigenvalue weighted by Gasteiger charge is 2.19. The predicted octanol–water partition coefficient (Wildman–Crippen LogP) is 17.0. The van der Waals surface area contributed by atoms with Crippen LogP contribution in [0, 0.1) is 0 Å². The summed E-state index contributed by atoms with van der Waals surface area (Å²) < 4.78 is 16.8. The van der Waals surface area contributed by atoms with E-state index in [1.807, 2.05) is 0 Å². The second-order valence-corrected chi connectivity index (χ2v) is 17.0. The van der Waals surface area contributed by atoms with Gasteiger partial charge in [0.15, 0.2) is 6.10 Å². The Morgan fingerprint density at radius 3 is 1.08 bits per heavy atom. The zero-order chi connectivity index (χ0) is 45.1. The molecule has 0 radical (unpaired) electrons. The van der Waals surface area contributed by atoms with Crippen molar-refractivity contribution < 1.29 is 28.6 Å². The van der Waals surface area contributed by atoms with Crippen LogP contribution in [0.3, 0.4) is 0 Å². The van der Waals surface area contributed by atoms with E-state index in [0.29, 0.717) is 12.8 Å². The molecule has 0 aliphatic heterocycles. The van der Waals surface area contributed by atoms with Crippen molar-refractivity contribution in [3.05, 3.63) is 72.9 Å². The van der Waals surface area contributed by atoms with Gasteiger partial charge in [-0.2, -0.15) is 0 Å². The summed E-state index contributed by atoms with van der Waals surface area (Å²) in [6.45, 7) is 6.42. The van der Waals surface area contributed by atoms with Crippen molar-refractivity contribution in [1.29, 1.82) is 0 Å². The van der Waals surface area contributed by atoms with Crippen molar-refractivity contribution in [1.82, 2.24) is 0 Å². The van der Waals surface area contributed by atoms with Crippen LogP contribution in [-0.2, 0) is 28.6 Å². The summed E-state index contributed by atoms with van der Waals surface area (Å²) in [5.41, 5.74) is 0. The molecule has 6 nitrogen and oxygen atoms in total. The fourth-order valence-corrected chi connectivity index (χ4v) is 7.02. The lowest BCUT2D eigenvalue weighted by molar-refractivity contribution is -0.167. The Morgan fingerprint density at radius 1 is 0.339 bits per heavy atom. The topological polar surface area (TPSA) is 78.9 Å². The molecule has 0 N–H and O–H groups in total. The van der Waals surface area contributed by atoms with Crippen LogP contribution in [0.2, 0.25) is 0 Å². The van der Waals surface area contributed by atoms with Crippen molar-refractivity contribution in [3.63, 3.8) is 0 Å². The van der Waals surface area contributed by atoms with Crippen LogP contribution >= 0.6 is 0 Å². The number of carbonyl (C=O) groups excluding carboxylic acids is 3. The van der Waals surface area contributed by atoms with Crippen molar-refractivity contribution >= 4 is 17.9 Å². The lowest BCUT2D eigenvalue weighted by Crippen LogP contribution is -2.30. The summed E-state index contributed by atoms with van der Waals surface area (Å²) >= 11 is 0. The first-order valence-electron chi connectivity index (χ1n) is 25.9. The number of unbranched alkanes of at least 4 members (excludes halogenated alkanes) is 23. The Kier molecular flexibility index (Phi) is 47.9. The van der Waals surface area contributed by atoms with Gasteiger partial charge >= 0.3 is 17.9 Å². The van der Waals surface area contributed by atoms with Crippen LogP contribution in [0.25, 0.3) is 0 Å². The van der Waals surface area contributed by atoms with Gasteiger partial charge < -0.3 is 14.2 Å². The quantitative estimate of drug-likeness (QED) is 0.0262. The molecular formula is C56H96O6. The summed E-state index contributed by atoms with van der Waals surface area (Å²) in [5, 5.41) is 0. The fraction of sp³-hybridized carbons (Fsp3) is 0.732. The van der Waals surface area contributed by atoms with E-state index < -0.39 is 6.10 Å². The number of esters is 3. The highest BCUT2D eigenvalue weighted by atomic mass is 16.6. The number of rotatable bonds is 46. The van der Waals surface area contributed by atoms with Crippen molar-refractivity contribution in [2.24, 2.45) is 0 Å². The minimum atomic E-state index is -0.797.